The van der Waals surface area contributed by atoms with E-state index in [1.807, 2.05) is 42.5 Å². The topological polar surface area (TPSA) is 61.4 Å². The van der Waals surface area contributed by atoms with Crippen molar-refractivity contribution < 1.29 is 9.59 Å². The van der Waals surface area contributed by atoms with Gasteiger partial charge in [0, 0.05) is 31.2 Å². The summed E-state index contributed by atoms with van der Waals surface area (Å²) in [5.41, 5.74) is 1.69. The van der Waals surface area contributed by atoms with E-state index >= 15 is 0 Å². The second-order valence-electron chi connectivity index (χ2n) is 6.81. The number of halogens is 2. The monoisotopic (exact) mass is 419 g/mol. The van der Waals surface area contributed by atoms with Gasteiger partial charge in [-0.3, -0.25) is 4.79 Å². The normalized spacial score (nSPS) is 14.6. The Labute approximate surface area is 175 Å². The Hall–Kier alpha value is -2.24. The standard InChI is InChI=1S/C21H23Cl2N3O2/c22-18-8-4-5-15(19(18)23)9-12-24-20(27)16-10-13-26(14-11-16)21(28)25-17-6-2-1-3-7-17/h1-8,16H,9-14H2,(H,24,27)(H,25,28). The van der Waals surface area contributed by atoms with Gasteiger partial charge in [0.25, 0.3) is 0 Å². The summed E-state index contributed by atoms with van der Waals surface area (Å²) < 4.78 is 0. The molecular formula is C21H23Cl2N3O2. The van der Waals surface area contributed by atoms with Crippen LogP contribution in [0.3, 0.4) is 0 Å². The van der Waals surface area contributed by atoms with E-state index in [4.69, 9.17) is 23.2 Å². The fraction of sp³-hybridized carbons (Fsp3) is 0.333. The first kappa shape index (κ1) is 20.5. The molecule has 1 heterocycles. The zero-order valence-electron chi connectivity index (χ0n) is 15.5. The maximum Gasteiger partial charge on any atom is 0.321 e. The number of urea groups is 1. The number of nitrogens with one attached hydrogen (secondary N) is 2. The average molecular weight is 420 g/mol. The molecule has 2 aromatic carbocycles. The lowest BCUT2D eigenvalue weighted by Gasteiger charge is -2.31. The number of amides is 3. The van der Waals surface area contributed by atoms with Crippen LogP contribution < -0.4 is 10.6 Å². The lowest BCUT2D eigenvalue weighted by atomic mass is 9.96. The molecule has 1 saturated heterocycles. The second-order valence-corrected chi connectivity index (χ2v) is 7.60. The summed E-state index contributed by atoms with van der Waals surface area (Å²) in [5.74, 6) is -0.0446. The third-order valence-corrected chi connectivity index (χ3v) is 5.76. The number of hydrogen-bond donors (Lipinski definition) is 2. The highest BCUT2D eigenvalue weighted by Gasteiger charge is 2.27. The van der Waals surface area contributed by atoms with Crippen molar-refractivity contribution in [3.05, 3.63) is 64.1 Å². The van der Waals surface area contributed by atoms with Crippen LogP contribution in [0.4, 0.5) is 10.5 Å². The molecule has 148 valence electrons. The molecule has 1 fully saturated rings. The van der Waals surface area contributed by atoms with Crippen molar-refractivity contribution in [2.24, 2.45) is 5.92 Å². The summed E-state index contributed by atoms with van der Waals surface area (Å²) in [4.78, 5) is 26.5. The second kappa shape index (κ2) is 9.80. The van der Waals surface area contributed by atoms with Crippen molar-refractivity contribution in [2.45, 2.75) is 19.3 Å². The molecule has 0 aliphatic carbocycles. The van der Waals surface area contributed by atoms with Crippen LogP contribution in [0.25, 0.3) is 0 Å². The molecule has 3 amide bonds. The molecule has 28 heavy (non-hydrogen) atoms. The molecule has 0 atom stereocenters. The molecule has 1 aliphatic heterocycles. The van der Waals surface area contributed by atoms with Crippen LogP contribution in [0.5, 0.6) is 0 Å². The number of carbonyl (C=O) groups is 2. The van der Waals surface area contributed by atoms with Gasteiger partial charge in [0.05, 0.1) is 10.0 Å². The summed E-state index contributed by atoms with van der Waals surface area (Å²) in [6.07, 6.45) is 1.95. The number of carbonyl (C=O) groups excluding carboxylic acids is 2. The van der Waals surface area contributed by atoms with Gasteiger partial charge >= 0.3 is 6.03 Å². The van der Waals surface area contributed by atoms with Crippen molar-refractivity contribution >= 4 is 40.8 Å². The molecule has 0 bridgehead atoms. The molecule has 2 N–H and O–H groups in total. The quantitative estimate of drug-likeness (QED) is 0.743. The zero-order chi connectivity index (χ0) is 19.9. The van der Waals surface area contributed by atoms with E-state index in [1.165, 1.54) is 0 Å². The van der Waals surface area contributed by atoms with Gasteiger partial charge in [0.15, 0.2) is 0 Å². The number of piperidine rings is 1. The highest BCUT2D eigenvalue weighted by atomic mass is 35.5. The Bertz CT molecular complexity index is 822. The van der Waals surface area contributed by atoms with Crippen molar-refractivity contribution in [3.63, 3.8) is 0 Å². The number of hydrogen-bond acceptors (Lipinski definition) is 2. The highest BCUT2D eigenvalue weighted by Crippen LogP contribution is 2.25. The van der Waals surface area contributed by atoms with Crippen LogP contribution in [-0.2, 0) is 11.2 Å². The molecule has 5 nitrogen and oxygen atoms in total. The largest absolute Gasteiger partial charge is 0.356 e. The van der Waals surface area contributed by atoms with Gasteiger partial charge in [-0.2, -0.15) is 0 Å². The van der Waals surface area contributed by atoms with E-state index < -0.39 is 0 Å². The van der Waals surface area contributed by atoms with Gasteiger partial charge in [-0.15, -0.1) is 0 Å². The van der Waals surface area contributed by atoms with Gasteiger partial charge in [-0.05, 0) is 43.0 Å². The first-order valence-corrected chi connectivity index (χ1v) is 10.1. The summed E-state index contributed by atoms with van der Waals surface area (Å²) in [6, 6.07) is 14.7. The van der Waals surface area contributed by atoms with Crippen molar-refractivity contribution in [1.82, 2.24) is 10.2 Å². The molecule has 0 spiro atoms. The Balaban J connectivity index is 1.41. The minimum absolute atomic E-state index is 0.0290. The molecule has 3 rings (SSSR count). The van der Waals surface area contributed by atoms with E-state index in [-0.39, 0.29) is 17.9 Å². The van der Waals surface area contributed by atoms with Gasteiger partial charge in [-0.25, -0.2) is 4.79 Å². The molecule has 0 radical (unpaired) electrons. The van der Waals surface area contributed by atoms with Crippen molar-refractivity contribution in [1.29, 1.82) is 0 Å². The number of rotatable bonds is 5. The van der Waals surface area contributed by atoms with Crippen LogP contribution in [0.1, 0.15) is 18.4 Å². The van der Waals surface area contributed by atoms with E-state index in [1.54, 1.807) is 11.0 Å². The maximum atomic E-state index is 12.4. The number of nitrogens with zero attached hydrogens (tertiary/aromatic N) is 1. The molecule has 7 heteroatoms. The minimum atomic E-state index is -0.124. The zero-order valence-corrected chi connectivity index (χ0v) is 17.0. The molecular weight excluding hydrogens is 397 g/mol. The third-order valence-electron chi connectivity index (χ3n) is 4.90. The average Bonchev–Trinajstić information content (AvgIpc) is 2.72. The summed E-state index contributed by atoms with van der Waals surface area (Å²) >= 11 is 12.2. The third kappa shape index (κ3) is 5.40. The van der Waals surface area contributed by atoms with Crippen LogP contribution >= 0.6 is 23.2 Å². The number of likely N-dealkylation sites (tertiary alicyclic amines) is 1. The molecule has 2 aromatic rings. The van der Waals surface area contributed by atoms with Gasteiger partial charge < -0.3 is 15.5 Å². The van der Waals surface area contributed by atoms with E-state index in [0.717, 1.165) is 11.3 Å². The number of anilines is 1. The maximum absolute atomic E-state index is 12.4. The van der Waals surface area contributed by atoms with Gasteiger partial charge in [-0.1, -0.05) is 53.5 Å². The van der Waals surface area contributed by atoms with Crippen LogP contribution in [-0.4, -0.2) is 36.5 Å². The molecule has 0 unspecified atom stereocenters. The fourth-order valence-electron chi connectivity index (χ4n) is 3.28. The summed E-state index contributed by atoms with van der Waals surface area (Å²) in [5, 5.41) is 6.91. The lowest BCUT2D eigenvalue weighted by Crippen LogP contribution is -2.44. The number of benzene rings is 2. The number of para-hydroxylation sites is 1. The van der Waals surface area contributed by atoms with Gasteiger partial charge in [0.1, 0.15) is 0 Å². The lowest BCUT2D eigenvalue weighted by molar-refractivity contribution is -0.126. The Morgan fingerprint density at radius 2 is 1.71 bits per heavy atom. The SMILES string of the molecule is O=C(NCCc1cccc(Cl)c1Cl)C1CCN(C(=O)Nc2ccccc2)CC1. The summed E-state index contributed by atoms with van der Waals surface area (Å²) in [7, 11) is 0. The van der Waals surface area contributed by atoms with E-state index in [9.17, 15) is 9.59 Å². The van der Waals surface area contributed by atoms with Crippen LogP contribution in [0.2, 0.25) is 10.0 Å². The molecule has 1 aliphatic rings. The summed E-state index contributed by atoms with van der Waals surface area (Å²) in [6.45, 7) is 1.64. The minimum Gasteiger partial charge on any atom is -0.356 e. The molecule has 0 aromatic heterocycles. The fourth-order valence-corrected chi connectivity index (χ4v) is 3.69. The Kier molecular flexibility index (Phi) is 7.18. The first-order chi connectivity index (χ1) is 13.5. The van der Waals surface area contributed by atoms with Crippen molar-refractivity contribution in [2.75, 3.05) is 25.0 Å². The highest BCUT2D eigenvalue weighted by molar-refractivity contribution is 6.42. The molecule has 0 saturated carbocycles. The predicted molar refractivity (Wildman–Crippen MR) is 113 cm³/mol. The van der Waals surface area contributed by atoms with Crippen LogP contribution in [0, 0.1) is 5.92 Å². The predicted octanol–water partition coefficient (Wildman–Crippen LogP) is 4.60. The van der Waals surface area contributed by atoms with Gasteiger partial charge in [0.2, 0.25) is 5.91 Å². The van der Waals surface area contributed by atoms with Crippen molar-refractivity contribution in [3.8, 4) is 0 Å². The smallest absolute Gasteiger partial charge is 0.321 e. The first-order valence-electron chi connectivity index (χ1n) is 9.36. The van der Waals surface area contributed by atoms with E-state index in [0.29, 0.717) is 48.9 Å². The Morgan fingerprint density at radius 1 is 1.00 bits per heavy atom. The Morgan fingerprint density at radius 3 is 2.43 bits per heavy atom. The van der Waals surface area contributed by atoms with Crippen LogP contribution in [0.15, 0.2) is 48.5 Å². The van der Waals surface area contributed by atoms with E-state index in [2.05, 4.69) is 10.6 Å².